The van der Waals surface area contributed by atoms with E-state index in [-0.39, 0.29) is 23.8 Å². The molecule has 3 rings (SSSR count). The topological polar surface area (TPSA) is 65.1 Å². The van der Waals surface area contributed by atoms with Gasteiger partial charge in [0.15, 0.2) is 0 Å². The maximum atomic E-state index is 12.9. The van der Waals surface area contributed by atoms with Crippen LogP contribution < -0.4 is 4.74 Å². The van der Waals surface area contributed by atoms with Gasteiger partial charge in [-0.1, -0.05) is 6.07 Å². The van der Waals surface area contributed by atoms with Crippen LogP contribution in [0, 0.1) is 5.92 Å². The van der Waals surface area contributed by atoms with E-state index in [4.69, 9.17) is 14.2 Å². The average Bonchev–Trinajstić information content (AvgIpc) is 2.80. The highest BCUT2D eigenvalue weighted by Crippen LogP contribution is 2.34. The van der Waals surface area contributed by atoms with E-state index in [1.54, 1.807) is 19.1 Å². The molecular formula is C19H25NO5. The summed E-state index contributed by atoms with van der Waals surface area (Å²) in [4.78, 5) is 26.7. The number of hydrogen-bond acceptors (Lipinski definition) is 5. The van der Waals surface area contributed by atoms with Gasteiger partial charge in [-0.3, -0.25) is 4.79 Å². The molecule has 1 saturated heterocycles. The molecule has 2 aliphatic heterocycles. The summed E-state index contributed by atoms with van der Waals surface area (Å²) in [5.74, 6) is 0.334. The van der Waals surface area contributed by atoms with Gasteiger partial charge >= 0.3 is 5.97 Å². The SMILES string of the molecule is CCOC(=O)c1ccc2c(c1)OCCN(C(=O)[C@H]1CCCOC1)C2C. The highest BCUT2D eigenvalue weighted by molar-refractivity contribution is 5.90. The lowest BCUT2D eigenvalue weighted by molar-refractivity contribution is -0.142. The molecule has 1 fully saturated rings. The standard InChI is InChI=1S/C19H25NO5/c1-3-24-19(22)14-6-7-16-13(2)20(8-10-25-17(16)11-14)18(21)15-5-4-9-23-12-15/h6-7,11,13,15H,3-5,8-10,12H2,1-2H3/t13?,15-/m0/s1. The van der Waals surface area contributed by atoms with Crippen molar-refractivity contribution >= 4 is 11.9 Å². The number of benzene rings is 1. The summed E-state index contributed by atoms with van der Waals surface area (Å²) < 4.78 is 16.3. The molecule has 0 N–H and O–H groups in total. The van der Waals surface area contributed by atoms with Gasteiger partial charge in [-0.2, -0.15) is 0 Å². The molecule has 1 aromatic rings. The summed E-state index contributed by atoms with van der Waals surface area (Å²) in [6.07, 6.45) is 1.80. The molecule has 1 aromatic carbocycles. The van der Waals surface area contributed by atoms with E-state index in [0.717, 1.165) is 25.0 Å². The lowest BCUT2D eigenvalue weighted by atomic mass is 9.98. The maximum absolute atomic E-state index is 12.9. The van der Waals surface area contributed by atoms with Crippen molar-refractivity contribution in [2.24, 2.45) is 5.92 Å². The molecule has 6 heteroatoms. The van der Waals surface area contributed by atoms with Gasteiger partial charge in [-0.25, -0.2) is 4.79 Å². The van der Waals surface area contributed by atoms with E-state index >= 15 is 0 Å². The molecule has 0 spiro atoms. The predicted molar refractivity (Wildman–Crippen MR) is 91.6 cm³/mol. The molecule has 0 bridgehead atoms. The molecular weight excluding hydrogens is 322 g/mol. The fourth-order valence-electron chi connectivity index (χ4n) is 3.43. The number of ether oxygens (including phenoxy) is 3. The molecule has 0 saturated carbocycles. The quantitative estimate of drug-likeness (QED) is 0.786. The summed E-state index contributed by atoms with van der Waals surface area (Å²) >= 11 is 0. The Morgan fingerprint density at radius 3 is 2.88 bits per heavy atom. The van der Waals surface area contributed by atoms with Crippen LogP contribution in [0.1, 0.15) is 48.7 Å². The van der Waals surface area contributed by atoms with Gasteiger partial charge < -0.3 is 19.1 Å². The van der Waals surface area contributed by atoms with E-state index < -0.39 is 0 Å². The summed E-state index contributed by atoms with van der Waals surface area (Å²) in [6, 6.07) is 5.19. The van der Waals surface area contributed by atoms with Crippen molar-refractivity contribution in [1.29, 1.82) is 0 Å². The van der Waals surface area contributed by atoms with E-state index in [1.807, 2.05) is 17.9 Å². The second kappa shape index (κ2) is 7.87. The Morgan fingerprint density at radius 2 is 2.16 bits per heavy atom. The first-order valence-electron chi connectivity index (χ1n) is 8.94. The van der Waals surface area contributed by atoms with Gasteiger partial charge in [0, 0.05) is 12.2 Å². The summed E-state index contributed by atoms with van der Waals surface area (Å²) in [6.45, 7) is 6.28. The Balaban J connectivity index is 1.81. The molecule has 2 heterocycles. The molecule has 0 radical (unpaired) electrons. The second-order valence-electron chi connectivity index (χ2n) is 6.44. The van der Waals surface area contributed by atoms with Crippen LogP contribution in [-0.2, 0) is 14.3 Å². The Labute approximate surface area is 148 Å². The van der Waals surface area contributed by atoms with Gasteiger partial charge in [0.25, 0.3) is 0 Å². The number of nitrogens with zero attached hydrogens (tertiary/aromatic N) is 1. The lowest BCUT2D eigenvalue weighted by Crippen LogP contribution is -2.41. The average molecular weight is 347 g/mol. The van der Waals surface area contributed by atoms with Gasteiger partial charge in [0.05, 0.1) is 37.3 Å². The number of fused-ring (bicyclic) bond motifs is 1. The number of carbonyl (C=O) groups is 2. The van der Waals surface area contributed by atoms with E-state index in [9.17, 15) is 9.59 Å². The van der Waals surface area contributed by atoms with E-state index in [2.05, 4.69) is 0 Å². The van der Waals surface area contributed by atoms with Gasteiger partial charge in [0.1, 0.15) is 12.4 Å². The monoisotopic (exact) mass is 347 g/mol. The maximum Gasteiger partial charge on any atom is 0.338 e. The Bertz CT molecular complexity index is 639. The zero-order valence-corrected chi connectivity index (χ0v) is 14.8. The summed E-state index contributed by atoms with van der Waals surface area (Å²) in [5, 5.41) is 0. The third kappa shape index (κ3) is 3.79. The zero-order valence-electron chi connectivity index (χ0n) is 14.8. The van der Waals surface area contributed by atoms with Crippen LogP contribution in [0.3, 0.4) is 0 Å². The van der Waals surface area contributed by atoms with Crippen molar-refractivity contribution in [3.63, 3.8) is 0 Å². The fraction of sp³-hybridized carbons (Fsp3) is 0.579. The van der Waals surface area contributed by atoms with Crippen LogP contribution in [0.2, 0.25) is 0 Å². The number of hydrogen-bond donors (Lipinski definition) is 0. The molecule has 0 aromatic heterocycles. The second-order valence-corrected chi connectivity index (χ2v) is 6.44. The van der Waals surface area contributed by atoms with Crippen LogP contribution in [0.5, 0.6) is 5.75 Å². The van der Waals surface area contributed by atoms with Crippen molar-refractivity contribution < 1.29 is 23.8 Å². The number of rotatable bonds is 3. The van der Waals surface area contributed by atoms with Crippen LogP contribution in [-0.4, -0.2) is 49.7 Å². The largest absolute Gasteiger partial charge is 0.491 e. The first-order chi connectivity index (χ1) is 12.1. The van der Waals surface area contributed by atoms with Crippen LogP contribution >= 0.6 is 0 Å². The number of esters is 1. The van der Waals surface area contributed by atoms with Gasteiger partial charge in [-0.15, -0.1) is 0 Å². The first kappa shape index (κ1) is 17.7. The Hall–Kier alpha value is -2.08. The van der Waals surface area contributed by atoms with Crippen LogP contribution in [0.25, 0.3) is 0 Å². The smallest absolute Gasteiger partial charge is 0.338 e. The minimum Gasteiger partial charge on any atom is -0.491 e. The van der Waals surface area contributed by atoms with Crippen molar-refractivity contribution in [1.82, 2.24) is 4.90 Å². The molecule has 6 nitrogen and oxygen atoms in total. The van der Waals surface area contributed by atoms with Crippen LogP contribution in [0.15, 0.2) is 18.2 Å². The number of carbonyl (C=O) groups excluding carboxylic acids is 2. The zero-order chi connectivity index (χ0) is 17.8. The molecule has 1 amide bonds. The molecule has 25 heavy (non-hydrogen) atoms. The fourth-order valence-corrected chi connectivity index (χ4v) is 3.43. The summed E-state index contributed by atoms with van der Waals surface area (Å²) in [5.41, 5.74) is 1.38. The van der Waals surface area contributed by atoms with Crippen molar-refractivity contribution in [3.05, 3.63) is 29.3 Å². The van der Waals surface area contributed by atoms with Crippen molar-refractivity contribution in [3.8, 4) is 5.75 Å². The first-order valence-corrected chi connectivity index (χ1v) is 8.94. The normalized spacial score (nSPS) is 23.2. The third-order valence-corrected chi connectivity index (χ3v) is 4.82. The van der Waals surface area contributed by atoms with Crippen molar-refractivity contribution in [2.75, 3.05) is 33.0 Å². The molecule has 1 unspecified atom stereocenters. The van der Waals surface area contributed by atoms with Gasteiger partial charge in [0.2, 0.25) is 5.91 Å². The molecule has 2 aliphatic rings. The Kier molecular flexibility index (Phi) is 5.58. The van der Waals surface area contributed by atoms with Gasteiger partial charge in [-0.05, 0) is 38.8 Å². The van der Waals surface area contributed by atoms with Crippen LogP contribution in [0.4, 0.5) is 0 Å². The van der Waals surface area contributed by atoms with E-state index in [1.165, 1.54) is 0 Å². The minimum atomic E-state index is -0.363. The van der Waals surface area contributed by atoms with Crippen molar-refractivity contribution in [2.45, 2.75) is 32.7 Å². The lowest BCUT2D eigenvalue weighted by Gasteiger charge is -2.32. The highest BCUT2D eigenvalue weighted by Gasteiger charge is 2.32. The molecule has 0 aliphatic carbocycles. The number of amides is 1. The molecule has 136 valence electrons. The summed E-state index contributed by atoms with van der Waals surface area (Å²) in [7, 11) is 0. The minimum absolute atomic E-state index is 0.0726. The Morgan fingerprint density at radius 1 is 1.32 bits per heavy atom. The van der Waals surface area contributed by atoms with E-state index in [0.29, 0.717) is 37.7 Å². The predicted octanol–water partition coefficient (Wildman–Crippen LogP) is 2.57. The molecule has 2 atom stereocenters. The highest BCUT2D eigenvalue weighted by atomic mass is 16.5. The third-order valence-electron chi connectivity index (χ3n) is 4.82.